The summed E-state index contributed by atoms with van der Waals surface area (Å²) in [7, 11) is 4.13. The molecule has 0 saturated carbocycles. The first-order valence-electron chi connectivity index (χ1n) is 6.12. The van der Waals surface area contributed by atoms with Gasteiger partial charge in [-0.15, -0.1) is 0 Å². The molecule has 0 N–H and O–H groups in total. The van der Waals surface area contributed by atoms with Crippen molar-refractivity contribution in [3.05, 3.63) is 0 Å². The molecule has 0 aliphatic rings. The van der Waals surface area contributed by atoms with Crippen molar-refractivity contribution in [2.24, 2.45) is 0 Å². The molecule has 4 nitrogen and oxygen atoms in total. The van der Waals surface area contributed by atoms with Crippen LogP contribution in [0.4, 0.5) is 0 Å². The highest BCUT2D eigenvalue weighted by atomic mass is 16.5. The van der Waals surface area contributed by atoms with Crippen molar-refractivity contribution >= 4 is 5.97 Å². The van der Waals surface area contributed by atoms with Gasteiger partial charge < -0.3 is 14.5 Å². The molecule has 0 aromatic rings. The van der Waals surface area contributed by atoms with Gasteiger partial charge in [-0.2, -0.15) is 0 Å². The second kappa shape index (κ2) is 9.60. The zero-order valence-electron chi connectivity index (χ0n) is 11.2. The number of nitrogens with zero attached hydrogens (tertiary/aromatic N) is 2. The Morgan fingerprint density at radius 3 is 2.25 bits per heavy atom. The van der Waals surface area contributed by atoms with Gasteiger partial charge >= 0.3 is 5.97 Å². The van der Waals surface area contributed by atoms with Gasteiger partial charge in [0, 0.05) is 19.6 Å². The van der Waals surface area contributed by atoms with Crippen LogP contribution in [0.3, 0.4) is 0 Å². The average molecular weight is 230 g/mol. The van der Waals surface area contributed by atoms with Gasteiger partial charge in [-0.3, -0.25) is 4.79 Å². The Bertz CT molecular complexity index is 184. The van der Waals surface area contributed by atoms with Gasteiger partial charge in [0.1, 0.15) is 0 Å². The van der Waals surface area contributed by atoms with Crippen LogP contribution in [0.15, 0.2) is 0 Å². The van der Waals surface area contributed by atoms with Crippen LogP contribution in [-0.2, 0) is 9.53 Å². The average Bonchev–Trinajstić information content (AvgIpc) is 2.22. The topological polar surface area (TPSA) is 32.8 Å². The second-order valence-electron chi connectivity index (χ2n) is 4.20. The minimum absolute atomic E-state index is 0.0894. The molecule has 0 atom stereocenters. The summed E-state index contributed by atoms with van der Waals surface area (Å²) >= 11 is 0. The highest BCUT2D eigenvalue weighted by molar-refractivity contribution is 5.69. The molecule has 0 saturated heterocycles. The lowest BCUT2D eigenvalue weighted by atomic mass is 10.3. The van der Waals surface area contributed by atoms with Crippen LogP contribution in [0.5, 0.6) is 0 Å². The van der Waals surface area contributed by atoms with Crippen LogP contribution < -0.4 is 0 Å². The van der Waals surface area contributed by atoms with E-state index in [0.29, 0.717) is 13.0 Å². The van der Waals surface area contributed by atoms with Gasteiger partial charge in [0.25, 0.3) is 0 Å². The lowest BCUT2D eigenvalue weighted by molar-refractivity contribution is -0.143. The van der Waals surface area contributed by atoms with Crippen molar-refractivity contribution < 1.29 is 9.53 Å². The number of hydrogen-bond acceptors (Lipinski definition) is 4. The lowest BCUT2D eigenvalue weighted by Gasteiger charge is -2.23. The van der Waals surface area contributed by atoms with E-state index in [-0.39, 0.29) is 5.97 Å². The number of ether oxygens (including phenoxy) is 1. The van der Waals surface area contributed by atoms with E-state index >= 15 is 0 Å². The third-order valence-corrected chi connectivity index (χ3v) is 2.34. The predicted molar refractivity (Wildman–Crippen MR) is 66.5 cm³/mol. The quantitative estimate of drug-likeness (QED) is 0.557. The van der Waals surface area contributed by atoms with E-state index in [9.17, 15) is 4.79 Å². The smallest absolute Gasteiger partial charge is 0.307 e. The van der Waals surface area contributed by atoms with E-state index in [4.69, 9.17) is 4.74 Å². The Labute approximate surface area is 99.5 Å². The minimum atomic E-state index is -0.0894. The highest BCUT2D eigenvalue weighted by Gasteiger charge is 2.08. The molecule has 0 bridgehead atoms. The van der Waals surface area contributed by atoms with Crippen LogP contribution >= 0.6 is 0 Å². The number of rotatable bonds is 9. The molecule has 0 amide bonds. The molecule has 0 fully saturated rings. The molecule has 0 aromatic carbocycles. The molecule has 0 heterocycles. The first kappa shape index (κ1) is 15.4. The van der Waals surface area contributed by atoms with E-state index in [2.05, 4.69) is 30.8 Å². The van der Waals surface area contributed by atoms with E-state index in [1.807, 2.05) is 6.92 Å². The zero-order valence-corrected chi connectivity index (χ0v) is 11.2. The molecule has 16 heavy (non-hydrogen) atoms. The van der Waals surface area contributed by atoms with Crippen molar-refractivity contribution in [1.82, 2.24) is 9.80 Å². The van der Waals surface area contributed by atoms with E-state index in [1.54, 1.807) is 0 Å². The summed E-state index contributed by atoms with van der Waals surface area (Å²) in [5.74, 6) is -0.0894. The summed E-state index contributed by atoms with van der Waals surface area (Å²) in [5, 5.41) is 0. The Morgan fingerprint density at radius 2 is 1.75 bits per heavy atom. The van der Waals surface area contributed by atoms with Crippen LogP contribution in [0, 0.1) is 0 Å². The van der Waals surface area contributed by atoms with E-state index in [0.717, 1.165) is 32.6 Å². The van der Waals surface area contributed by atoms with Crippen LogP contribution in [0.2, 0.25) is 0 Å². The third-order valence-electron chi connectivity index (χ3n) is 2.34. The molecule has 0 aliphatic heterocycles. The van der Waals surface area contributed by atoms with Crippen LogP contribution in [0.25, 0.3) is 0 Å². The second-order valence-corrected chi connectivity index (χ2v) is 4.20. The monoisotopic (exact) mass is 230 g/mol. The highest BCUT2D eigenvalue weighted by Crippen LogP contribution is 1.96. The number of esters is 1. The first-order chi connectivity index (χ1) is 7.60. The summed E-state index contributed by atoms with van der Waals surface area (Å²) in [5.41, 5.74) is 0. The summed E-state index contributed by atoms with van der Waals surface area (Å²) < 4.78 is 4.92. The zero-order chi connectivity index (χ0) is 12.4. The van der Waals surface area contributed by atoms with Gasteiger partial charge in [0.05, 0.1) is 13.0 Å². The SMILES string of the molecule is CCCN(CCC(=O)OCC)CCN(C)C. The number of hydrogen-bond donors (Lipinski definition) is 0. The molecule has 0 unspecified atom stereocenters. The molecular weight excluding hydrogens is 204 g/mol. The molecule has 0 spiro atoms. The molecule has 0 aromatic heterocycles. The van der Waals surface area contributed by atoms with Gasteiger partial charge in [0.15, 0.2) is 0 Å². The summed E-state index contributed by atoms with van der Waals surface area (Å²) in [6.45, 7) is 8.38. The number of carbonyl (C=O) groups excluding carboxylic acids is 1. The third kappa shape index (κ3) is 8.68. The van der Waals surface area contributed by atoms with Gasteiger partial charge in [-0.05, 0) is 34.0 Å². The van der Waals surface area contributed by atoms with Crippen molar-refractivity contribution in [2.75, 3.05) is 46.9 Å². The Kier molecular flexibility index (Phi) is 9.24. The Hall–Kier alpha value is -0.610. The fraction of sp³-hybridized carbons (Fsp3) is 0.917. The summed E-state index contributed by atoms with van der Waals surface area (Å²) in [6.07, 6.45) is 1.62. The van der Waals surface area contributed by atoms with E-state index in [1.165, 1.54) is 0 Å². The first-order valence-corrected chi connectivity index (χ1v) is 6.12. The fourth-order valence-electron chi connectivity index (χ4n) is 1.48. The molecule has 0 radical (unpaired) electrons. The van der Waals surface area contributed by atoms with Crippen molar-refractivity contribution in [3.63, 3.8) is 0 Å². The number of carbonyl (C=O) groups is 1. The maximum absolute atomic E-state index is 11.2. The maximum atomic E-state index is 11.2. The molecule has 4 heteroatoms. The minimum Gasteiger partial charge on any atom is -0.466 e. The Balaban J connectivity index is 3.79. The maximum Gasteiger partial charge on any atom is 0.307 e. The van der Waals surface area contributed by atoms with Crippen LogP contribution in [0.1, 0.15) is 26.7 Å². The molecule has 0 rings (SSSR count). The van der Waals surface area contributed by atoms with Crippen molar-refractivity contribution in [2.45, 2.75) is 26.7 Å². The normalized spacial score (nSPS) is 11.1. The molecule has 0 aliphatic carbocycles. The Morgan fingerprint density at radius 1 is 1.06 bits per heavy atom. The molecule has 96 valence electrons. The van der Waals surface area contributed by atoms with Gasteiger partial charge in [-0.1, -0.05) is 6.92 Å². The van der Waals surface area contributed by atoms with Crippen molar-refractivity contribution in [1.29, 1.82) is 0 Å². The predicted octanol–water partition coefficient (Wildman–Crippen LogP) is 1.21. The van der Waals surface area contributed by atoms with Crippen LogP contribution in [-0.4, -0.2) is 62.7 Å². The van der Waals surface area contributed by atoms with E-state index < -0.39 is 0 Å². The fourth-order valence-corrected chi connectivity index (χ4v) is 1.48. The lowest BCUT2D eigenvalue weighted by Crippen LogP contribution is -2.34. The molecular formula is C12H26N2O2. The largest absolute Gasteiger partial charge is 0.466 e. The summed E-state index contributed by atoms with van der Waals surface area (Å²) in [6, 6.07) is 0. The van der Waals surface area contributed by atoms with Crippen molar-refractivity contribution in [3.8, 4) is 0 Å². The van der Waals surface area contributed by atoms with Gasteiger partial charge in [-0.25, -0.2) is 0 Å². The number of likely N-dealkylation sites (N-methyl/N-ethyl adjacent to an activating group) is 1. The summed E-state index contributed by atoms with van der Waals surface area (Å²) in [4.78, 5) is 15.7. The standard InChI is InChI=1S/C12H26N2O2/c1-5-8-14(11-10-13(3)4)9-7-12(15)16-6-2/h5-11H2,1-4H3. The van der Waals surface area contributed by atoms with Gasteiger partial charge in [0.2, 0.25) is 0 Å².